The molecule has 0 unspecified atom stereocenters. The maximum absolute atomic E-state index is 2.44. The molecule has 3 heterocycles. The Morgan fingerprint density at radius 2 is 1.71 bits per heavy atom. The minimum atomic E-state index is 0.949. The highest BCUT2D eigenvalue weighted by molar-refractivity contribution is 7.25. The number of para-hydroxylation sites is 1. The van der Waals surface area contributed by atoms with E-state index in [1.54, 1.807) is 0 Å². The van der Waals surface area contributed by atoms with E-state index < -0.39 is 0 Å². The summed E-state index contributed by atoms with van der Waals surface area (Å²) in [5.41, 5.74) is 5.05. The van der Waals surface area contributed by atoms with Crippen LogP contribution in [0.1, 0.15) is 25.1 Å². The Hall–Kier alpha value is -2.91. The molecule has 1 aliphatic rings. The zero-order valence-corrected chi connectivity index (χ0v) is 17.0. The molecule has 2 aromatic heterocycles. The molecule has 4 aromatic rings. The monoisotopic (exact) mass is 383 g/mol. The fourth-order valence-corrected chi connectivity index (χ4v) is 5.43. The van der Waals surface area contributed by atoms with Gasteiger partial charge in [0, 0.05) is 40.2 Å². The molecule has 0 atom stereocenters. The average Bonchev–Trinajstić information content (AvgIpc) is 3.12. The molecule has 3 heteroatoms. The molecule has 0 saturated heterocycles. The molecule has 0 aliphatic carbocycles. The van der Waals surface area contributed by atoms with Gasteiger partial charge in [0.2, 0.25) is 5.69 Å². The number of anilines is 1. The molecule has 28 heavy (non-hydrogen) atoms. The fraction of sp³-hybridized carbons (Fsp3) is 0.160. The van der Waals surface area contributed by atoms with Gasteiger partial charge in [-0.05, 0) is 43.7 Å². The van der Waals surface area contributed by atoms with E-state index in [1.165, 1.54) is 42.9 Å². The summed E-state index contributed by atoms with van der Waals surface area (Å²) >= 11 is 1.89. The molecule has 0 bridgehead atoms. The van der Waals surface area contributed by atoms with Gasteiger partial charge in [0.15, 0.2) is 0 Å². The van der Waals surface area contributed by atoms with Crippen LogP contribution in [0.15, 0.2) is 72.4 Å². The van der Waals surface area contributed by atoms with Gasteiger partial charge >= 0.3 is 0 Å². The van der Waals surface area contributed by atoms with Crippen molar-refractivity contribution in [1.82, 2.24) is 0 Å². The molecule has 0 fully saturated rings. The van der Waals surface area contributed by atoms with Gasteiger partial charge in [-0.3, -0.25) is 0 Å². The van der Waals surface area contributed by atoms with E-state index in [0.717, 1.165) is 13.1 Å². The Morgan fingerprint density at radius 3 is 2.57 bits per heavy atom. The molecule has 2 aromatic carbocycles. The Balaban J connectivity index is 1.68. The number of rotatable bonds is 3. The summed E-state index contributed by atoms with van der Waals surface area (Å²) in [5.74, 6) is 0. The van der Waals surface area contributed by atoms with E-state index in [9.17, 15) is 0 Å². The van der Waals surface area contributed by atoms with Gasteiger partial charge < -0.3 is 4.90 Å². The van der Waals surface area contributed by atoms with E-state index in [4.69, 9.17) is 0 Å². The zero-order chi connectivity index (χ0) is 19.1. The van der Waals surface area contributed by atoms with E-state index in [2.05, 4.69) is 102 Å². The highest BCUT2D eigenvalue weighted by Gasteiger charge is 2.20. The predicted octanol–water partition coefficient (Wildman–Crippen LogP) is 6.26. The molecule has 0 saturated carbocycles. The second kappa shape index (κ2) is 6.92. The standard InChI is InChI=1S/C25H23N2S/c1-3-26-19(14-13-18-9-5-7-11-23(18)26)17-20-15-16-22-21-10-6-8-12-24(21)28-25(22)27(20)4-2/h5-17H,3-4H2,1-2H3/q+1. The summed E-state index contributed by atoms with van der Waals surface area (Å²) in [6, 6.07) is 21.9. The number of thiophene rings is 1. The minimum absolute atomic E-state index is 0.949. The van der Waals surface area contributed by atoms with Gasteiger partial charge in [0.1, 0.15) is 6.54 Å². The smallest absolute Gasteiger partial charge is 0.270 e. The maximum atomic E-state index is 2.44. The molecule has 0 amide bonds. The van der Waals surface area contributed by atoms with Gasteiger partial charge in [-0.1, -0.05) is 53.8 Å². The van der Waals surface area contributed by atoms with Gasteiger partial charge in [-0.15, -0.1) is 0 Å². The molecule has 0 radical (unpaired) electrons. The first-order chi connectivity index (χ1) is 13.8. The summed E-state index contributed by atoms with van der Waals surface area (Å²) < 4.78 is 3.79. The van der Waals surface area contributed by atoms with E-state index in [0.29, 0.717) is 0 Å². The van der Waals surface area contributed by atoms with Crippen LogP contribution in [0.5, 0.6) is 0 Å². The van der Waals surface area contributed by atoms with E-state index >= 15 is 0 Å². The fourth-order valence-electron chi connectivity index (χ4n) is 4.15. The van der Waals surface area contributed by atoms with E-state index in [-0.39, 0.29) is 0 Å². The molecule has 2 nitrogen and oxygen atoms in total. The molecular formula is C25H23N2S+. The number of aryl methyl sites for hydroxylation is 1. The van der Waals surface area contributed by atoms with Crippen LogP contribution in [-0.2, 0) is 6.54 Å². The second-order valence-electron chi connectivity index (χ2n) is 7.03. The van der Waals surface area contributed by atoms with Crippen LogP contribution >= 0.6 is 11.3 Å². The maximum Gasteiger partial charge on any atom is 0.270 e. The SMILES string of the molecule is CCN1/C(=C/c2ccc3c4ccccc4sc3[n+]2CC)C=Cc2ccccc21. The topological polar surface area (TPSA) is 7.12 Å². The number of aromatic nitrogens is 1. The summed E-state index contributed by atoms with van der Waals surface area (Å²) in [7, 11) is 0. The van der Waals surface area contributed by atoms with Crippen LogP contribution in [0, 0.1) is 0 Å². The number of fused-ring (bicyclic) bond motifs is 4. The molecule has 5 rings (SSSR count). The first-order valence-electron chi connectivity index (χ1n) is 9.90. The van der Waals surface area contributed by atoms with Gasteiger partial charge in [-0.25, -0.2) is 0 Å². The Kier molecular flexibility index (Phi) is 4.25. The van der Waals surface area contributed by atoms with Crippen molar-refractivity contribution in [2.24, 2.45) is 0 Å². The molecule has 138 valence electrons. The Bertz CT molecular complexity index is 1250. The highest BCUT2D eigenvalue weighted by atomic mass is 32.1. The lowest BCUT2D eigenvalue weighted by Crippen LogP contribution is -2.36. The van der Waals surface area contributed by atoms with Crippen molar-refractivity contribution < 1.29 is 4.57 Å². The van der Waals surface area contributed by atoms with Crippen LogP contribution in [0.25, 0.3) is 32.5 Å². The van der Waals surface area contributed by atoms with Crippen molar-refractivity contribution in [3.8, 4) is 0 Å². The summed E-state index contributed by atoms with van der Waals surface area (Å²) in [4.78, 5) is 3.74. The lowest BCUT2D eigenvalue weighted by Gasteiger charge is -2.29. The van der Waals surface area contributed by atoms with Gasteiger partial charge in [0.25, 0.3) is 4.83 Å². The Labute approximate surface area is 169 Å². The third-order valence-corrected chi connectivity index (χ3v) is 6.70. The zero-order valence-electron chi connectivity index (χ0n) is 16.2. The molecule has 0 spiro atoms. The van der Waals surface area contributed by atoms with Gasteiger partial charge in [0.05, 0.1) is 5.39 Å². The molecular weight excluding hydrogens is 360 g/mol. The van der Waals surface area contributed by atoms with Crippen LogP contribution in [0.2, 0.25) is 0 Å². The molecule has 1 aliphatic heterocycles. The van der Waals surface area contributed by atoms with E-state index in [1.807, 2.05) is 11.3 Å². The third-order valence-electron chi connectivity index (χ3n) is 5.49. The normalized spacial score (nSPS) is 14.9. The number of hydrogen-bond donors (Lipinski definition) is 0. The number of allylic oxidation sites excluding steroid dienone is 1. The number of hydrogen-bond acceptors (Lipinski definition) is 2. The van der Waals surface area contributed by atoms with Crippen LogP contribution < -0.4 is 9.47 Å². The summed E-state index contributed by atoms with van der Waals surface area (Å²) in [6.07, 6.45) is 6.78. The largest absolute Gasteiger partial charge is 0.341 e. The number of benzene rings is 2. The average molecular weight is 384 g/mol. The van der Waals surface area contributed by atoms with Crippen molar-refractivity contribution >= 4 is 49.5 Å². The first-order valence-corrected chi connectivity index (χ1v) is 10.7. The number of nitrogens with zero attached hydrogens (tertiary/aromatic N) is 2. The lowest BCUT2D eigenvalue weighted by molar-refractivity contribution is -0.667. The van der Waals surface area contributed by atoms with Crippen LogP contribution in [0.3, 0.4) is 0 Å². The van der Waals surface area contributed by atoms with Crippen molar-refractivity contribution in [1.29, 1.82) is 0 Å². The number of likely N-dealkylation sites (N-methyl/N-ethyl adjacent to an activating group) is 1. The van der Waals surface area contributed by atoms with Crippen molar-refractivity contribution in [2.45, 2.75) is 20.4 Å². The highest BCUT2D eigenvalue weighted by Crippen LogP contribution is 2.33. The quantitative estimate of drug-likeness (QED) is 0.379. The van der Waals surface area contributed by atoms with Crippen molar-refractivity contribution in [3.63, 3.8) is 0 Å². The van der Waals surface area contributed by atoms with Crippen molar-refractivity contribution in [2.75, 3.05) is 11.4 Å². The lowest BCUT2D eigenvalue weighted by atomic mass is 10.0. The Morgan fingerprint density at radius 1 is 0.893 bits per heavy atom. The van der Waals surface area contributed by atoms with Crippen LogP contribution in [0.4, 0.5) is 5.69 Å². The second-order valence-corrected chi connectivity index (χ2v) is 8.06. The molecule has 0 N–H and O–H groups in total. The minimum Gasteiger partial charge on any atom is -0.341 e. The predicted molar refractivity (Wildman–Crippen MR) is 122 cm³/mol. The first kappa shape index (κ1) is 17.2. The number of pyridine rings is 1. The summed E-state index contributed by atoms with van der Waals surface area (Å²) in [6.45, 7) is 6.35. The third kappa shape index (κ3) is 2.66. The van der Waals surface area contributed by atoms with Crippen molar-refractivity contribution in [3.05, 3.63) is 83.7 Å². The van der Waals surface area contributed by atoms with Gasteiger partial charge in [-0.2, -0.15) is 4.57 Å². The van der Waals surface area contributed by atoms with Crippen LogP contribution in [-0.4, -0.2) is 6.54 Å². The summed E-state index contributed by atoms with van der Waals surface area (Å²) in [5, 5.41) is 2.70.